The number of hydrogen-bond acceptors (Lipinski definition) is 2. The summed E-state index contributed by atoms with van der Waals surface area (Å²) >= 11 is 2.34. The predicted molar refractivity (Wildman–Crippen MR) is 74.5 cm³/mol. The fraction of sp³-hybridized carbons (Fsp3) is 0.333. The Hall–Kier alpha value is -1.11. The van der Waals surface area contributed by atoms with Gasteiger partial charge in [-0.05, 0) is 24.1 Å². The van der Waals surface area contributed by atoms with Crippen LogP contribution in [0.2, 0.25) is 0 Å². The summed E-state index contributed by atoms with van der Waals surface area (Å²) in [4.78, 5) is 24.2. The van der Waals surface area contributed by atoms with E-state index in [-0.39, 0.29) is 11.9 Å². The van der Waals surface area contributed by atoms with E-state index in [2.05, 4.69) is 27.9 Å². The molecule has 1 heterocycles. The standard InChI is InChI=1S/C12H13IN2O2/c13-7-5-9-1-3-10(4-2-9)15-8-6-11(16)14-12(15)17/h1-4H,5-8H2,(H,14,16,17). The second kappa shape index (κ2) is 5.48. The number of halogens is 1. The van der Waals surface area contributed by atoms with E-state index in [0.29, 0.717) is 13.0 Å². The van der Waals surface area contributed by atoms with E-state index in [9.17, 15) is 9.59 Å². The molecule has 4 nitrogen and oxygen atoms in total. The quantitative estimate of drug-likeness (QED) is 0.675. The fourth-order valence-electron chi connectivity index (χ4n) is 1.76. The summed E-state index contributed by atoms with van der Waals surface area (Å²) < 4.78 is 1.08. The van der Waals surface area contributed by atoms with Crippen molar-refractivity contribution in [3.63, 3.8) is 0 Å². The van der Waals surface area contributed by atoms with E-state index in [1.165, 1.54) is 5.56 Å². The molecule has 0 radical (unpaired) electrons. The summed E-state index contributed by atoms with van der Waals surface area (Å²) in [5.41, 5.74) is 2.10. The highest BCUT2D eigenvalue weighted by atomic mass is 127. The molecular formula is C12H13IN2O2. The third kappa shape index (κ3) is 2.96. The second-order valence-electron chi connectivity index (χ2n) is 3.86. The Morgan fingerprint density at radius 2 is 1.94 bits per heavy atom. The van der Waals surface area contributed by atoms with Gasteiger partial charge in [0.05, 0.1) is 0 Å². The van der Waals surface area contributed by atoms with Crippen LogP contribution < -0.4 is 10.2 Å². The Kier molecular flexibility index (Phi) is 3.98. The number of urea groups is 1. The molecular weight excluding hydrogens is 331 g/mol. The largest absolute Gasteiger partial charge is 0.328 e. The van der Waals surface area contributed by atoms with E-state index >= 15 is 0 Å². The maximum atomic E-state index is 11.6. The summed E-state index contributed by atoms with van der Waals surface area (Å²) in [6, 6.07) is 7.58. The molecule has 0 unspecified atom stereocenters. The number of aryl methyl sites for hydroxylation is 1. The van der Waals surface area contributed by atoms with Gasteiger partial charge in [-0.25, -0.2) is 4.79 Å². The minimum absolute atomic E-state index is 0.201. The minimum atomic E-state index is -0.331. The number of hydrogen-bond donors (Lipinski definition) is 1. The third-order valence-electron chi connectivity index (χ3n) is 2.69. The smallest absolute Gasteiger partial charge is 0.294 e. The van der Waals surface area contributed by atoms with Crippen LogP contribution >= 0.6 is 22.6 Å². The molecule has 1 aliphatic rings. The Bertz CT molecular complexity index is 431. The van der Waals surface area contributed by atoms with Crippen LogP contribution in [0.5, 0.6) is 0 Å². The zero-order valence-electron chi connectivity index (χ0n) is 9.28. The normalized spacial score (nSPS) is 15.9. The number of amides is 3. The van der Waals surface area contributed by atoms with E-state index in [4.69, 9.17) is 0 Å². The first-order valence-corrected chi connectivity index (χ1v) is 6.99. The molecule has 90 valence electrons. The first kappa shape index (κ1) is 12.3. The molecule has 1 saturated heterocycles. The number of rotatable bonds is 3. The minimum Gasteiger partial charge on any atom is -0.294 e. The lowest BCUT2D eigenvalue weighted by molar-refractivity contribution is -0.120. The number of benzene rings is 1. The Labute approximate surface area is 114 Å². The molecule has 2 rings (SSSR count). The number of imide groups is 1. The van der Waals surface area contributed by atoms with E-state index in [1.54, 1.807) is 4.90 Å². The third-order valence-corrected chi connectivity index (χ3v) is 3.22. The summed E-state index contributed by atoms with van der Waals surface area (Å²) in [5.74, 6) is -0.201. The Morgan fingerprint density at radius 1 is 1.24 bits per heavy atom. The van der Waals surface area contributed by atoms with Crippen molar-refractivity contribution < 1.29 is 9.59 Å². The van der Waals surface area contributed by atoms with Crippen molar-refractivity contribution in [1.82, 2.24) is 5.32 Å². The van der Waals surface area contributed by atoms with Gasteiger partial charge in [-0.15, -0.1) is 0 Å². The number of nitrogens with one attached hydrogen (secondary N) is 1. The molecule has 0 bridgehead atoms. The lowest BCUT2D eigenvalue weighted by Gasteiger charge is -2.26. The van der Waals surface area contributed by atoms with Crippen LogP contribution in [-0.2, 0) is 11.2 Å². The van der Waals surface area contributed by atoms with Gasteiger partial charge in [-0.3, -0.25) is 15.0 Å². The summed E-state index contributed by atoms with van der Waals surface area (Å²) in [5, 5.41) is 2.31. The van der Waals surface area contributed by atoms with Gasteiger partial charge in [0.2, 0.25) is 5.91 Å². The predicted octanol–water partition coefficient (Wildman–Crippen LogP) is 2.11. The van der Waals surface area contributed by atoms with E-state index < -0.39 is 0 Å². The lowest BCUT2D eigenvalue weighted by atomic mass is 10.1. The summed E-state index contributed by atoms with van der Waals surface area (Å²) in [6.07, 6.45) is 1.40. The number of anilines is 1. The average molecular weight is 344 g/mol. The molecule has 1 aliphatic heterocycles. The number of alkyl halides is 1. The van der Waals surface area contributed by atoms with Crippen molar-refractivity contribution in [2.45, 2.75) is 12.8 Å². The summed E-state index contributed by atoms with van der Waals surface area (Å²) in [7, 11) is 0. The van der Waals surface area contributed by atoms with Crippen LogP contribution in [0, 0.1) is 0 Å². The number of carbonyl (C=O) groups is 2. The highest BCUT2D eigenvalue weighted by molar-refractivity contribution is 14.1. The zero-order valence-corrected chi connectivity index (χ0v) is 11.4. The molecule has 5 heteroatoms. The van der Waals surface area contributed by atoms with Crippen LogP contribution in [0.25, 0.3) is 0 Å². The van der Waals surface area contributed by atoms with E-state index in [1.807, 2.05) is 24.3 Å². The Balaban J connectivity index is 2.11. The molecule has 0 spiro atoms. The maximum absolute atomic E-state index is 11.6. The highest BCUT2D eigenvalue weighted by Gasteiger charge is 2.23. The van der Waals surface area contributed by atoms with E-state index in [0.717, 1.165) is 16.5 Å². The molecule has 0 atom stereocenters. The second-order valence-corrected chi connectivity index (χ2v) is 4.94. The summed E-state index contributed by atoms with van der Waals surface area (Å²) in [6.45, 7) is 0.455. The molecule has 17 heavy (non-hydrogen) atoms. The fourth-order valence-corrected chi connectivity index (χ4v) is 2.38. The molecule has 1 N–H and O–H groups in total. The number of nitrogens with zero attached hydrogens (tertiary/aromatic N) is 1. The van der Waals surface area contributed by atoms with Gasteiger partial charge in [0.15, 0.2) is 0 Å². The van der Waals surface area contributed by atoms with Crippen molar-refractivity contribution in [3.8, 4) is 0 Å². The van der Waals surface area contributed by atoms with Crippen molar-refractivity contribution in [3.05, 3.63) is 29.8 Å². The first-order chi connectivity index (χ1) is 8.20. The van der Waals surface area contributed by atoms with Crippen LogP contribution in [0.15, 0.2) is 24.3 Å². The van der Waals surface area contributed by atoms with Crippen LogP contribution in [-0.4, -0.2) is 22.9 Å². The van der Waals surface area contributed by atoms with Crippen LogP contribution in [0.4, 0.5) is 10.5 Å². The molecule has 1 aromatic rings. The van der Waals surface area contributed by atoms with Crippen molar-refractivity contribution >= 4 is 40.2 Å². The number of carbonyl (C=O) groups excluding carboxylic acids is 2. The monoisotopic (exact) mass is 344 g/mol. The SMILES string of the molecule is O=C1CCN(c2ccc(CCI)cc2)C(=O)N1. The first-order valence-electron chi connectivity index (χ1n) is 5.47. The van der Waals surface area contributed by atoms with Gasteiger partial charge in [0.25, 0.3) is 0 Å². The molecule has 3 amide bonds. The highest BCUT2D eigenvalue weighted by Crippen LogP contribution is 2.18. The van der Waals surface area contributed by atoms with Gasteiger partial charge < -0.3 is 0 Å². The van der Waals surface area contributed by atoms with Crippen LogP contribution in [0.1, 0.15) is 12.0 Å². The topological polar surface area (TPSA) is 49.4 Å². The van der Waals surface area contributed by atoms with Gasteiger partial charge in [-0.1, -0.05) is 34.7 Å². The zero-order chi connectivity index (χ0) is 12.3. The molecule has 0 aromatic heterocycles. The maximum Gasteiger partial charge on any atom is 0.328 e. The van der Waals surface area contributed by atoms with Crippen molar-refractivity contribution in [2.24, 2.45) is 0 Å². The van der Waals surface area contributed by atoms with Gasteiger partial charge in [-0.2, -0.15) is 0 Å². The van der Waals surface area contributed by atoms with Gasteiger partial charge >= 0.3 is 6.03 Å². The molecule has 0 aliphatic carbocycles. The average Bonchev–Trinajstić information content (AvgIpc) is 2.31. The van der Waals surface area contributed by atoms with Crippen molar-refractivity contribution in [2.75, 3.05) is 15.9 Å². The van der Waals surface area contributed by atoms with Gasteiger partial charge in [0, 0.05) is 23.1 Å². The molecule has 0 saturated carbocycles. The van der Waals surface area contributed by atoms with Crippen LogP contribution in [0.3, 0.4) is 0 Å². The van der Waals surface area contributed by atoms with Crippen molar-refractivity contribution in [1.29, 1.82) is 0 Å². The van der Waals surface area contributed by atoms with Gasteiger partial charge in [0.1, 0.15) is 0 Å². The molecule has 1 fully saturated rings. The molecule has 1 aromatic carbocycles. The lowest BCUT2D eigenvalue weighted by Crippen LogP contribution is -2.49. The Morgan fingerprint density at radius 3 is 2.53 bits per heavy atom.